The van der Waals surface area contributed by atoms with E-state index in [-0.39, 0.29) is 11.6 Å². The third kappa shape index (κ3) is 3.50. The summed E-state index contributed by atoms with van der Waals surface area (Å²) in [5.74, 6) is 1.57. The molecule has 0 fully saturated rings. The zero-order chi connectivity index (χ0) is 14.5. The molecule has 20 heavy (non-hydrogen) atoms. The van der Waals surface area contributed by atoms with Gasteiger partial charge in [-0.25, -0.2) is 0 Å². The maximum absolute atomic E-state index is 9.43. The normalized spacial score (nSPS) is 10.3. The number of alkyl halides is 1. The fourth-order valence-electron chi connectivity index (χ4n) is 1.84. The maximum atomic E-state index is 9.43. The average molecular weight is 313 g/mol. The van der Waals surface area contributed by atoms with Crippen molar-refractivity contribution in [3.63, 3.8) is 0 Å². The van der Waals surface area contributed by atoms with Gasteiger partial charge in [-0.1, -0.05) is 23.7 Å². The highest BCUT2D eigenvalue weighted by molar-refractivity contribution is 6.31. The molecular weight excluding hydrogens is 299 g/mol. The Kier molecular flexibility index (Phi) is 4.99. The topological polar surface area (TPSA) is 38.7 Å². The van der Waals surface area contributed by atoms with Gasteiger partial charge in [0.15, 0.2) is 11.5 Å². The van der Waals surface area contributed by atoms with Gasteiger partial charge in [0.25, 0.3) is 0 Å². The van der Waals surface area contributed by atoms with Crippen molar-refractivity contribution in [3.05, 3.63) is 52.5 Å². The first kappa shape index (κ1) is 14.8. The van der Waals surface area contributed by atoms with E-state index in [0.29, 0.717) is 23.1 Å². The molecule has 0 bridgehead atoms. The number of hydrogen-bond donors (Lipinski definition) is 1. The molecule has 0 spiro atoms. The minimum absolute atomic E-state index is 0.201. The molecular formula is C15H14Cl2O3. The Morgan fingerprint density at radius 3 is 2.65 bits per heavy atom. The number of phenols is 1. The van der Waals surface area contributed by atoms with Gasteiger partial charge in [-0.2, -0.15) is 0 Å². The van der Waals surface area contributed by atoms with Crippen molar-refractivity contribution >= 4 is 23.2 Å². The van der Waals surface area contributed by atoms with E-state index in [4.69, 9.17) is 32.7 Å². The highest BCUT2D eigenvalue weighted by Gasteiger charge is 2.12. The van der Waals surface area contributed by atoms with Crippen molar-refractivity contribution in [1.82, 2.24) is 0 Å². The van der Waals surface area contributed by atoms with Crippen LogP contribution in [0.3, 0.4) is 0 Å². The monoisotopic (exact) mass is 312 g/mol. The molecule has 0 unspecified atom stereocenters. The van der Waals surface area contributed by atoms with Crippen LogP contribution in [0.1, 0.15) is 11.1 Å². The number of ether oxygens (including phenoxy) is 2. The molecule has 2 aromatic rings. The van der Waals surface area contributed by atoms with Crippen LogP contribution in [0.2, 0.25) is 5.02 Å². The maximum Gasteiger partial charge on any atom is 0.166 e. The van der Waals surface area contributed by atoms with Crippen molar-refractivity contribution in [2.24, 2.45) is 0 Å². The van der Waals surface area contributed by atoms with Crippen LogP contribution in [0, 0.1) is 0 Å². The van der Waals surface area contributed by atoms with Crippen LogP contribution in [0.5, 0.6) is 17.2 Å². The first-order valence-electron chi connectivity index (χ1n) is 5.97. The highest BCUT2D eigenvalue weighted by Crippen LogP contribution is 2.36. The van der Waals surface area contributed by atoms with Crippen molar-refractivity contribution < 1.29 is 14.6 Å². The summed E-state index contributed by atoms with van der Waals surface area (Å²) in [6, 6.07) is 10.3. The average Bonchev–Trinajstić information content (AvgIpc) is 2.45. The number of halogens is 2. The molecule has 0 aliphatic carbocycles. The summed E-state index contributed by atoms with van der Waals surface area (Å²) in [5.41, 5.74) is 1.61. The Labute approximate surface area is 127 Å². The fraction of sp³-hybridized carbons (Fsp3) is 0.200. The molecule has 0 saturated heterocycles. The summed E-state index contributed by atoms with van der Waals surface area (Å²) in [7, 11) is 1.55. The van der Waals surface area contributed by atoms with Crippen LogP contribution in [0.4, 0.5) is 0 Å². The summed E-state index contributed by atoms with van der Waals surface area (Å²) >= 11 is 11.9. The van der Waals surface area contributed by atoms with Gasteiger partial charge in [-0.05, 0) is 23.8 Å². The van der Waals surface area contributed by atoms with E-state index in [0.717, 1.165) is 11.1 Å². The van der Waals surface area contributed by atoms with Crippen molar-refractivity contribution in [2.75, 3.05) is 7.11 Å². The molecule has 0 amide bonds. The van der Waals surface area contributed by atoms with E-state index >= 15 is 0 Å². The number of rotatable bonds is 5. The second-order valence-electron chi connectivity index (χ2n) is 4.19. The first-order valence-corrected chi connectivity index (χ1v) is 6.88. The summed E-state index contributed by atoms with van der Waals surface area (Å²) < 4.78 is 11.0. The standard InChI is InChI=1S/C15H14Cl2O3/c1-19-14-7-12(17)6-11(8-16)15(14)20-9-10-3-2-4-13(18)5-10/h2-7,18H,8-9H2,1H3. The summed E-state index contributed by atoms with van der Waals surface area (Å²) in [5, 5.41) is 9.97. The third-order valence-electron chi connectivity index (χ3n) is 2.75. The summed E-state index contributed by atoms with van der Waals surface area (Å²) in [6.07, 6.45) is 0. The van der Waals surface area contributed by atoms with E-state index in [1.165, 1.54) is 0 Å². The zero-order valence-corrected chi connectivity index (χ0v) is 12.4. The molecule has 0 aromatic heterocycles. The SMILES string of the molecule is COc1cc(Cl)cc(CCl)c1OCc1cccc(O)c1. The lowest BCUT2D eigenvalue weighted by Gasteiger charge is -2.14. The van der Waals surface area contributed by atoms with Gasteiger partial charge in [0.05, 0.1) is 13.0 Å². The van der Waals surface area contributed by atoms with Crippen LogP contribution in [-0.2, 0) is 12.5 Å². The van der Waals surface area contributed by atoms with Gasteiger partial charge in [0.1, 0.15) is 12.4 Å². The van der Waals surface area contributed by atoms with Crippen LogP contribution >= 0.6 is 23.2 Å². The Bertz CT molecular complexity index is 574. The van der Waals surface area contributed by atoms with Gasteiger partial charge in [0.2, 0.25) is 0 Å². The van der Waals surface area contributed by atoms with E-state index in [1.54, 1.807) is 37.4 Å². The van der Waals surface area contributed by atoms with Crippen molar-refractivity contribution in [2.45, 2.75) is 12.5 Å². The summed E-state index contributed by atoms with van der Waals surface area (Å²) in [6.45, 7) is 0.302. The molecule has 0 atom stereocenters. The number of hydrogen-bond acceptors (Lipinski definition) is 3. The van der Waals surface area contributed by atoms with Crippen molar-refractivity contribution in [1.29, 1.82) is 0 Å². The largest absolute Gasteiger partial charge is 0.508 e. The Balaban J connectivity index is 2.24. The van der Waals surface area contributed by atoms with Gasteiger partial charge >= 0.3 is 0 Å². The lowest BCUT2D eigenvalue weighted by Crippen LogP contribution is -2.00. The minimum atomic E-state index is 0.201. The molecule has 106 valence electrons. The molecule has 0 saturated carbocycles. The van der Waals surface area contributed by atoms with E-state index in [1.807, 2.05) is 6.07 Å². The Hall–Kier alpha value is -1.58. The van der Waals surface area contributed by atoms with Crippen LogP contribution in [0.15, 0.2) is 36.4 Å². The molecule has 0 heterocycles. The van der Waals surface area contributed by atoms with Crippen LogP contribution in [0.25, 0.3) is 0 Å². The number of aromatic hydroxyl groups is 1. The van der Waals surface area contributed by atoms with E-state index < -0.39 is 0 Å². The van der Waals surface area contributed by atoms with Crippen molar-refractivity contribution in [3.8, 4) is 17.2 Å². The second kappa shape index (κ2) is 6.73. The zero-order valence-electron chi connectivity index (χ0n) is 10.9. The lowest BCUT2D eigenvalue weighted by atomic mass is 10.2. The fourth-order valence-corrected chi connectivity index (χ4v) is 2.27. The third-order valence-corrected chi connectivity index (χ3v) is 3.26. The predicted molar refractivity (Wildman–Crippen MR) is 80.0 cm³/mol. The van der Waals surface area contributed by atoms with E-state index in [2.05, 4.69) is 0 Å². The number of benzene rings is 2. The van der Waals surface area contributed by atoms with Crippen LogP contribution in [-0.4, -0.2) is 12.2 Å². The van der Waals surface area contributed by atoms with Gasteiger partial charge in [-0.3, -0.25) is 0 Å². The highest BCUT2D eigenvalue weighted by atomic mass is 35.5. The lowest BCUT2D eigenvalue weighted by molar-refractivity contribution is 0.282. The molecule has 0 radical (unpaired) electrons. The Morgan fingerprint density at radius 2 is 2.00 bits per heavy atom. The molecule has 0 aliphatic rings. The smallest absolute Gasteiger partial charge is 0.166 e. The molecule has 5 heteroatoms. The molecule has 1 N–H and O–H groups in total. The minimum Gasteiger partial charge on any atom is -0.508 e. The van der Waals surface area contributed by atoms with Crippen LogP contribution < -0.4 is 9.47 Å². The quantitative estimate of drug-likeness (QED) is 0.833. The second-order valence-corrected chi connectivity index (χ2v) is 4.89. The van der Waals surface area contributed by atoms with Gasteiger partial charge in [0, 0.05) is 16.7 Å². The van der Waals surface area contributed by atoms with Gasteiger partial charge < -0.3 is 14.6 Å². The number of methoxy groups -OCH3 is 1. The predicted octanol–water partition coefficient (Wildman–Crippen LogP) is 4.37. The van der Waals surface area contributed by atoms with E-state index in [9.17, 15) is 5.11 Å². The summed E-state index contributed by atoms with van der Waals surface area (Å²) in [4.78, 5) is 0. The first-order chi connectivity index (χ1) is 9.63. The molecule has 3 nitrogen and oxygen atoms in total. The number of phenolic OH excluding ortho intramolecular Hbond substituents is 1. The van der Waals surface area contributed by atoms with Gasteiger partial charge in [-0.15, -0.1) is 11.6 Å². The molecule has 0 aliphatic heterocycles. The molecule has 2 aromatic carbocycles. The molecule has 2 rings (SSSR count). The Morgan fingerprint density at radius 1 is 1.20 bits per heavy atom.